The quantitative estimate of drug-likeness (QED) is 0.721. The molecule has 1 nitrogen and oxygen atoms in total. The standard InChI is InChI=1S/C14H31N/c1-12(2,3)11-13(4,5)9-10-14(6,7)15-8/h15H,9-11H2,1-8H3. The number of nitrogens with one attached hydrogen (secondary N) is 1. The van der Waals surface area contributed by atoms with Gasteiger partial charge in [0, 0.05) is 5.54 Å². The van der Waals surface area contributed by atoms with Crippen molar-refractivity contribution in [2.24, 2.45) is 10.8 Å². The largest absolute Gasteiger partial charge is 0.315 e. The van der Waals surface area contributed by atoms with Gasteiger partial charge in [-0.1, -0.05) is 34.6 Å². The van der Waals surface area contributed by atoms with Crippen molar-refractivity contribution >= 4 is 0 Å². The normalized spacial score (nSPS) is 14.4. The molecule has 0 aromatic heterocycles. The molecule has 0 saturated carbocycles. The maximum Gasteiger partial charge on any atom is 0.0122 e. The van der Waals surface area contributed by atoms with Crippen LogP contribution in [0.3, 0.4) is 0 Å². The van der Waals surface area contributed by atoms with Gasteiger partial charge in [-0.05, 0) is 51.0 Å². The van der Waals surface area contributed by atoms with E-state index in [1.165, 1.54) is 19.3 Å². The van der Waals surface area contributed by atoms with E-state index in [4.69, 9.17) is 0 Å². The molecule has 0 aliphatic rings. The van der Waals surface area contributed by atoms with Crippen molar-refractivity contribution in [3.63, 3.8) is 0 Å². The fourth-order valence-electron chi connectivity index (χ4n) is 2.30. The highest BCUT2D eigenvalue weighted by atomic mass is 14.9. The third-order valence-corrected chi connectivity index (χ3v) is 3.11. The van der Waals surface area contributed by atoms with Crippen LogP contribution in [0.15, 0.2) is 0 Å². The van der Waals surface area contributed by atoms with Crippen LogP contribution in [0.2, 0.25) is 0 Å². The van der Waals surface area contributed by atoms with E-state index in [9.17, 15) is 0 Å². The number of rotatable bonds is 5. The van der Waals surface area contributed by atoms with Crippen molar-refractivity contribution in [3.05, 3.63) is 0 Å². The molecule has 0 amide bonds. The summed E-state index contributed by atoms with van der Waals surface area (Å²) in [7, 11) is 2.05. The summed E-state index contributed by atoms with van der Waals surface area (Å²) >= 11 is 0. The lowest BCUT2D eigenvalue weighted by Crippen LogP contribution is -2.37. The van der Waals surface area contributed by atoms with E-state index in [2.05, 4.69) is 60.8 Å². The van der Waals surface area contributed by atoms with E-state index in [1.807, 2.05) is 0 Å². The maximum atomic E-state index is 3.38. The molecule has 0 radical (unpaired) electrons. The molecule has 0 aromatic rings. The third-order valence-electron chi connectivity index (χ3n) is 3.11. The van der Waals surface area contributed by atoms with Gasteiger partial charge >= 0.3 is 0 Å². The second-order valence-corrected chi connectivity index (χ2v) is 7.54. The van der Waals surface area contributed by atoms with E-state index in [1.54, 1.807) is 0 Å². The highest BCUT2D eigenvalue weighted by Crippen LogP contribution is 2.37. The molecule has 0 atom stereocenters. The summed E-state index contributed by atoms with van der Waals surface area (Å²) in [6.07, 6.45) is 3.82. The van der Waals surface area contributed by atoms with Crippen LogP contribution >= 0.6 is 0 Å². The van der Waals surface area contributed by atoms with Gasteiger partial charge < -0.3 is 5.32 Å². The molecule has 15 heavy (non-hydrogen) atoms. The van der Waals surface area contributed by atoms with Crippen LogP contribution in [0.5, 0.6) is 0 Å². The minimum atomic E-state index is 0.273. The lowest BCUT2D eigenvalue weighted by Gasteiger charge is -2.35. The van der Waals surface area contributed by atoms with Crippen molar-refractivity contribution in [3.8, 4) is 0 Å². The van der Waals surface area contributed by atoms with Gasteiger partial charge in [0.15, 0.2) is 0 Å². The second-order valence-electron chi connectivity index (χ2n) is 7.54. The topological polar surface area (TPSA) is 12.0 Å². The van der Waals surface area contributed by atoms with E-state index in [-0.39, 0.29) is 5.54 Å². The third kappa shape index (κ3) is 7.84. The predicted octanol–water partition coefficient (Wildman–Crippen LogP) is 4.23. The van der Waals surface area contributed by atoms with Gasteiger partial charge in [0.05, 0.1) is 0 Å². The van der Waals surface area contributed by atoms with Crippen LogP contribution in [0.1, 0.15) is 67.7 Å². The molecule has 0 unspecified atom stereocenters. The molecule has 0 saturated heterocycles. The molecule has 92 valence electrons. The lowest BCUT2D eigenvalue weighted by molar-refractivity contribution is 0.178. The van der Waals surface area contributed by atoms with E-state index < -0.39 is 0 Å². The van der Waals surface area contributed by atoms with Gasteiger partial charge in [-0.3, -0.25) is 0 Å². The summed E-state index contributed by atoms with van der Waals surface area (Å²) in [5, 5.41) is 3.38. The molecule has 0 fully saturated rings. The van der Waals surface area contributed by atoms with Crippen molar-refractivity contribution in [2.45, 2.75) is 73.3 Å². The van der Waals surface area contributed by atoms with Crippen molar-refractivity contribution in [2.75, 3.05) is 7.05 Å². The smallest absolute Gasteiger partial charge is 0.0122 e. The van der Waals surface area contributed by atoms with Crippen LogP contribution in [-0.4, -0.2) is 12.6 Å². The summed E-state index contributed by atoms with van der Waals surface area (Å²) in [5.74, 6) is 0. The minimum Gasteiger partial charge on any atom is -0.315 e. The van der Waals surface area contributed by atoms with Gasteiger partial charge in [0.25, 0.3) is 0 Å². The first kappa shape index (κ1) is 15.0. The van der Waals surface area contributed by atoms with Crippen LogP contribution < -0.4 is 5.32 Å². The summed E-state index contributed by atoms with van der Waals surface area (Å²) in [4.78, 5) is 0. The first-order valence-corrected chi connectivity index (χ1v) is 6.16. The first-order chi connectivity index (χ1) is 6.47. The fourth-order valence-corrected chi connectivity index (χ4v) is 2.30. The molecule has 0 bridgehead atoms. The zero-order valence-corrected chi connectivity index (χ0v) is 12.1. The average molecular weight is 213 g/mol. The highest BCUT2D eigenvalue weighted by molar-refractivity contribution is 4.82. The Morgan fingerprint density at radius 1 is 0.800 bits per heavy atom. The molecule has 1 heteroatoms. The molecular weight excluding hydrogens is 182 g/mol. The maximum absolute atomic E-state index is 3.38. The predicted molar refractivity (Wildman–Crippen MR) is 70.2 cm³/mol. The van der Waals surface area contributed by atoms with Crippen LogP contribution in [-0.2, 0) is 0 Å². The number of hydrogen-bond acceptors (Lipinski definition) is 1. The van der Waals surface area contributed by atoms with Crippen molar-refractivity contribution in [1.82, 2.24) is 5.32 Å². The van der Waals surface area contributed by atoms with Crippen LogP contribution in [0.4, 0.5) is 0 Å². The molecule has 1 N–H and O–H groups in total. The SMILES string of the molecule is CNC(C)(C)CCC(C)(C)CC(C)(C)C. The average Bonchev–Trinajstić information content (AvgIpc) is 1.97. The number of hydrogen-bond donors (Lipinski definition) is 1. The van der Waals surface area contributed by atoms with Gasteiger partial charge in [0.1, 0.15) is 0 Å². The van der Waals surface area contributed by atoms with Gasteiger partial charge in [0.2, 0.25) is 0 Å². The molecule has 0 aliphatic carbocycles. The van der Waals surface area contributed by atoms with Crippen molar-refractivity contribution < 1.29 is 0 Å². The van der Waals surface area contributed by atoms with Gasteiger partial charge in [-0.2, -0.15) is 0 Å². The zero-order chi connectivity index (χ0) is 12.3. The summed E-state index contributed by atoms with van der Waals surface area (Å²) in [5.41, 5.74) is 1.16. The second kappa shape index (κ2) is 4.86. The monoisotopic (exact) mass is 213 g/mol. The van der Waals surface area contributed by atoms with Crippen LogP contribution in [0.25, 0.3) is 0 Å². The van der Waals surface area contributed by atoms with E-state index >= 15 is 0 Å². The molecule has 0 spiro atoms. The Morgan fingerprint density at radius 3 is 1.60 bits per heavy atom. The summed E-state index contributed by atoms with van der Waals surface area (Å²) < 4.78 is 0. The molecule has 0 rings (SSSR count). The summed E-state index contributed by atoms with van der Waals surface area (Å²) in [6.45, 7) is 16.3. The fraction of sp³-hybridized carbons (Fsp3) is 1.00. The molecule has 0 aromatic carbocycles. The summed E-state index contributed by atoms with van der Waals surface area (Å²) in [6, 6.07) is 0. The van der Waals surface area contributed by atoms with Gasteiger partial charge in [-0.25, -0.2) is 0 Å². The molecule has 0 aliphatic heterocycles. The lowest BCUT2D eigenvalue weighted by atomic mass is 9.72. The Hall–Kier alpha value is -0.0400. The van der Waals surface area contributed by atoms with Crippen molar-refractivity contribution in [1.29, 1.82) is 0 Å². The highest BCUT2D eigenvalue weighted by Gasteiger charge is 2.27. The first-order valence-electron chi connectivity index (χ1n) is 6.16. The van der Waals surface area contributed by atoms with Gasteiger partial charge in [-0.15, -0.1) is 0 Å². The zero-order valence-electron chi connectivity index (χ0n) is 12.1. The Labute approximate surface area is 97.0 Å². The van der Waals surface area contributed by atoms with Crippen LogP contribution in [0, 0.1) is 10.8 Å². The molecular formula is C14H31N. The van der Waals surface area contributed by atoms with E-state index in [0.29, 0.717) is 10.8 Å². The Morgan fingerprint density at radius 2 is 1.27 bits per heavy atom. The Bertz CT molecular complexity index is 184. The van der Waals surface area contributed by atoms with E-state index in [0.717, 1.165) is 0 Å². The Balaban J connectivity index is 4.16. The Kier molecular flexibility index (Phi) is 4.85. The minimum absolute atomic E-state index is 0.273. The molecule has 0 heterocycles.